The van der Waals surface area contributed by atoms with E-state index in [4.69, 9.17) is 0 Å². The first kappa shape index (κ1) is 10.5. The fourth-order valence-corrected chi connectivity index (χ4v) is 2.53. The molecule has 0 amide bonds. The molecule has 15 heavy (non-hydrogen) atoms. The summed E-state index contributed by atoms with van der Waals surface area (Å²) in [6, 6.07) is 8.26. The van der Waals surface area contributed by atoms with Crippen LogP contribution in [0.3, 0.4) is 0 Å². The van der Waals surface area contributed by atoms with E-state index in [1.54, 1.807) is 6.07 Å². The third kappa shape index (κ3) is 2.00. The van der Waals surface area contributed by atoms with Gasteiger partial charge in [0.1, 0.15) is 5.75 Å². The molecule has 2 rings (SSSR count). The maximum Gasteiger partial charge on any atom is 0.119 e. The summed E-state index contributed by atoms with van der Waals surface area (Å²) in [6.07, 6.45) is 2.41. The number of rotatable bonds is 1. The monoisotopic (exact) mass is 205 g/mol. The maximum absolute atomic E-state index is 9.85. The highest BCUT2D eigenvalue weighted by molar-refractivity contribution is 5.36. The number of para-hydroxylation sites is 1. The number of piperidine rings is 1. The molecule has 1 fully saturated rings. The molecule has 1 aromatic rings. The second-order valence-corrected chi connectivity index (χ2v) is 4.53. The van der Waals surface area contributed by atoms with E-state index in [0.29, 0.717) is 17.7 Å². The first-order chi connectivity index (χ1) is 7.20. The van der Waals surface area contributed by atoms with Crippen molar-refractivity contribution in [3.63, 3.8) is 0 Å². The summed E-state index contributed by atoms with van der Waals surface area (Å²) in [4.78, 5) is 2.38. The summed E-state index contributed by atoms with van der Waals surface area (Å²) < 4.78 is 0. The SMILES string of the molecule is CC1C(c2ccccc2O)CCCN1C. The number of aromatic hydroxyl groups is 1. The third-order valence-electron chi connectivity index (χ3n) is 3.64. The topological polar surface area (TPSA) is 23.5 Å². The molecule has 0 saturated carbocycles. The van der Waals surface area contributed by atoms with Crippen LogP contribution >= 0.6 is 0 Å². The zero-order valence-electron chi connectivity index (χ0n) is 9.48. The highest BCUT2D eigenvalue weighted by atomic mass is 16.3. The number of phenols is 1. The fraction of sp³-hybridized carbons (Fsp3) is 0.538. The van der Waals surface area contributed by atoms with Crippen LogP contribution in [-0.2, 0) is 0 Å². The van der Waals surface area contributed by atoms with E-state index in [1.165, 1.54) is 19.4 Å². The van der Waals surface area contributed by atoms with Crippen molar-refractivity contribution in [1.29, 1.82) is 0 Å². The maximum atomic E-state index is 9.85. The van der Waals surface area contributed by atoms with Crippen LogP contribution in [0.4, 0.5) is 0 Å². The van der Waals surface area contributed by atoms with Crippen molar-refractivity contribution in [2.75, 3.05) is 13.6 Å². The highest BCUT2D eigenvalue weighted by Crippen LogP contribution is 2.35. The average Bonchev–Trinajstić information content (AvgIpc) is 2.23. The number of nitrogens with zero attached hydrogens (tertiary/aromatic N) is 1. The Balaban J connectivity index is 2.26. The van der Waals surface area contributed by atoms with Gasteiger partial charge < -0.3 is 10.0 Å². The molecule has 0 aliphatic carbocycles. The summed E-state index contributed by atoms with van der Waals surface area (Å²) in [6.45, 7) is 3.42. The van der Waals surface area contributed by atoms with Gasteiger partial charge in [-0.15, -0.1) is 0 Å². The van der Waals surface area contributed by atoms with Crippen LogP contribution in [0.25, 0.3) is 0 Å². The van der Waals surface area contributed by atoms with E-state index in [9.17, 15) is 5.11 Å². The van der Waals surface area contributed by atoms with Crippen LogP contribution < -0.4 is 0 Å². The molecule has 1 saturated heterocycles. The van der Waals surface area contributed by atoms with Crippen LogP contribution in [0.1, 0.15) is 31.2 Å². The van der Waals surface area contributed by atoms with Crippen molar-refractivity contribution in [3.8, 4) is 5.75 Å². The average molecular weight is 205 g/mol. The fourth-order valence-electron chi connectivity index (χ4n) is 2.53. The molecule has 1 N–H and O–H groups in total. The second-order valence-electron chi connectivity index (χ2n) is 4.53. The first-order valence-corrected chi connectivity index (χ1v) is 5.68. The summed E-state index contributed by atoms with van der Waals surface area (Å²) in [7, 11) is 2.16. The van der Waals surface area contributed by atoms with Crippen molar-refractivity contribution >= 4 is 0 Å². The van der Waals surface area contributed by atoms with Crippen LogP contribution in [0, 0.1) is 0 Å². The van der Waals surface area contributed by atoms with Crippen molar-refractivity contribution in [2.24, 2.45) is 0 Å². The van der Waals surface area contributed by atoms with Gasteiger partial charge in [0.05, 0.1) is 0 Å². The minimum Gasteiger partial charge on any atom is -0.508 e. The number of hydrogen-bond acceptors (Lipinski definition) is 2. The van der Waals surface area contributed by atoms with E-state index in [0.717, 1.165) is 5.56 Å². The standard InChI is InChI=1S/C13H19NO/c1-10-11(7-5-9-14(10)2)12-6-3-4-8-13(12)15/h3-4,6,8,10-11,15H,5,7,9H2,1-2H3. The Kier molecular flexibility index (Phi) is 2.96. The lowest BCUT2D eigenvalue weighted by atomic mass is 9.84. The smallest absolute Gasteiger partial charge is 0.119 e. The molecule has 2 heteroatoms. The molecular weight excluding hydrogens is 186 g/mol. The van der Waals surface area contributed by atoms with Crippen LogP contribution in [0.15, 0.2) is 24.3 Å². The Morgan fingerprint density at radius 3 is 2.80 bits per heavy atom. The molecule has 1 aliphatic rings. The zero-order valence-corrected chi connectivity index (χ0v) is 9.48. The molecule has 2 nitrogen and oxygen atoms in total. The Morgan fingerprint density at radius 2 is 2.07 bits per heavy atom. The molecule has 1 aliphatic heterocycles. The molecule has 0 radical (unpaired) electrons. The van der Waals surface area contributed by atoms with E-state index >= 15 is 0 Å². The largest absolute Gasteiger partial charge is 0.508 e. The summed E-state index contributed by atoms with van der Waals surface area (Å²) in [5.74, 6) is 0.926. The quantitative estimate of drug-likeness (QED) is 0.761. The predicted octanol–water partition coefficient (Wildman–Crippen LogP) is 2.59. The van der Waals surface area contributed by atoms with Gasteiger partial charge in [0, 0.05) is 12.0 Å². The summed E-state index contributed by atoms with van der Waals surface area (Å²) in [5, 5.41) is 9.85. The minimum atomic E-state index is 0.449. The summed E-state index contributed by atoms with van der Waals surface area (Å²) in [5.41, 5.74) is 1.11. The van der Waals surface area contributed by atoms with Crippen molar-refractivity contribution in [1.82, 2.24) is 4.90 Å². The Morgan fingerprint density at radius 1 is 1.33 bits per heavy atom. The van der Waals surface area contributed by atoms with Crippen LogP contribution in [0.5, 0.6) is 5.75 Å². The van der Waals surface area contributed by atoms with E-state index in [1.807, 2.05) is 12.1 Å². The van der Waals surface area contributed by atoms with Gasteiger partial charge in [-0.25, -0.2) is 0 Å². The van der Waals surface area contributed by atoms with Gasteiger partial charge in [-0.3, -0.25) is 0 Å². The molecule has 0 aromatic heterocycles. The molecule has 1 heterocycles. The molecule has 1 aromatic carbocycles. The van der Waals surface area contributed by atoms with Crippen molar-refractivity contribution < 1.29 is 5.11 Å². The molecular formula is C13H19NO. The lowest BCUT2D eigenvalue weighted by Gasteiger charge is -2.37. The van der Waals surface area contributed by atoms with Gasteiger partial charge in [0.2, 0.25) is 0 Å². The van der Waals surface area contributed by atoms with Crippen molar-refractivity contribution in [3.05, 3.63) is 29.8 Å². The van der Waals surface area contributed by atoms with Crippen LogP contribution in [-0.4, -0.2) is 29.6 Å². The number of benzene rings is 1. The minimum absolute atomic E-state index is 0.449. The van der Waals surface area contributed by atoms with E-state index < -0.39 is 0 Å². The third-order valence-corrected chi connectivity index (χ3v) is 3.64. The van der Waals surface area contributed by atoms with Crippen LogP contribution in [0.2, 0.25) is 0 Å². The normalized spacial score (nSPS) is 27.9. The number of likely N-dealkylation sites (N-methyl/N-ethyl adjacent to an activating group) is 1. The Hall–Kier alpha value is -1.02. The number of hydrogen-bond donors (Lipinski definition) is 1. The molecule has 2 unspecified atom stereocenters. The predicted molar refractivity (Wildman–Crippen MR) is 62.2 cm³/mol. The lowest BCUT2D eigenvalue weighted by molar-refractivity contribution is 0.172. The van der Waals surface area contributed by atoms with E-state index in [-0.39, 0.29) is 0 Å². The second kappa shape index (κ2) is 4.23. The highest BCUT2D eigenvalue weighted by Gasteiger charge is 2.27. The zero-order chi connectivity index (χ0) is 10.8. The van der Waals surface area contributed by atoms with E-state index in [2.05, 4.69) is 24.9 Å². The number of phenolic OH excluding ortho intramolecular Hbond substituents is 1. The first-order valence-electron chi connectivity index (χ1n) is 5.68. The number of likely N-dealkylation sites (tertiary alicyclic amines) is 1. The molecule has 2 atom stereocenters. The van der Waals surface area contributed by atoms with Gasteiger partial charge in [0.25, 0.3) is 0 Å². The van der Waals surface area contributed by atoms with Gasteiger partial charge >= 0.3 is 0 Å². The Labute approximate surface area is 91.5 Å². The summed E-state index contributed by atoms with van der Waals surface area (Å²) >= 11 is 0. The lowest BCUT2D eigenvalue weighted by Crippen LogP contribution is -2.39. The van der Waals surface area contributed by atoms with Gasteiger partial charge in [-0.1, -0.05) is 18.2 Å². The van der Waals surface area contributed by atoms with Crippen molar-refractivity contribution in [2.45, 2.75) is 31.7 Å². The van der Waals surface area contributed by atoms with Gasteiger partial charge in [0.15, 0.2) is 0 Å². The molecule has 82 valence electrons. The molecule has 0 spiro atoms. The molecule has 0 bridgehead atoms. The Bertz CT molecular complexity index is 337. The van der Waals surface area contributed by atoms with Gasteiger partial charge in [-0.2, -0.15) is 0 Å². The van der Waals surface area contributed by atoms with Gasteiger partial charge in [-0.05, 0) is 45.0 Å².